The summed E-state index contributed by atoms with van der Waals surface area (Å²) in [5, 5.41) is 5.49. The lowest BCUT2D eigenvalue weighted by Gasteiger charge is -2.50. The van der Waals surface area contributed by atoms with Gasteiger partial charge in [-0.3, -0.25) is 4.90 Å². The minimum absolute atomic E-state index is 0.0903. The van der Waals surface area contributed by atoms with Gasteiger partial charge in [-0.05, 0) is 42.7 Å². The molecule has 0 radical (unpaired) electrons. The zero-order valence-electron chi connectivity index (χ0n) is 14.1. The molecule has 4 heterocycles. The van der Waals surface area contributed by atoms with Gasteiger partial charge >= 0.3 is 0 Å². The van der Waals surface area contributed by atoms with Crippen molar-refractivity contribution in [2.24, 2.45) is 5.92 Å². The number of hydrogen-bond acceptors (Lipinski definition) is 6. The molecule has 2 aliphatic rings. The lowest BCUT2D eigenvalue weighted by molar-refractivity contribution is -0.136. The van der Waals surface area contributed by atoms with Crippen LogP contribution in [0.15, 0.2) is 29.9 Å². The molecule has 0 bridgehead atoms. The van der Waals surface area contributed by atoms with E-state index in [0.29, 0.717) is 5.92 Å². The van der Waals surface area contributed by atoms with Gasteiger partial charge in [-0.25, -0.2) is 9.97 Å². The summed E-state index contributed by atoms with van der Waals surface area (Å²) in [6.45, 7) is 7.00. The fraction of sp³-hybridized carbons (Fsp3) is 0.556. The Morgan fingerprint density at radius 1 is 1.38 bits per heavy atom. The van der Waals surface area contributed by atoms with Gasteiger partial charge in [0.05, 0.1) is 5.60 Å². The molecule has 2 fully saturated rings. The number of nitrogens with one attached hydrogen (secondary N) is 1. The molecule has 6 heteroatoms. The molecule has 1 atom stereocenters. The molecule has 24 heavy (non-hydrogen) atoms. The molecule has 4 rings (SSSR count). The average molecular weight is 344 g/mol. The van der Waals surface area contributed by atoms with Gasteiger partial charge < -0.3 is 10.1 Å². The summed E-state index contributed by atoms with van der Waals surface area (Å²) in [6.07, 6.45) is 5.99. The van der Waals surface area contributed by atoms with Gasteiger partial charge in [0.15, 0.2) is 0 Å². The van der Waals surface area contributed by atoms with Crippen molar-refractivity contribution in [1.29, 1.82) is 0 Å². The molecule has 0 saturated carbocycles. The number of likely N-dealkylation sites (tertiary alicyclic amines) is 1. The predicted octanol–water partition coefficient (Wildman–Crippen LogP) is 2.94. The summed E-state index contributed by atoms with van der Waals surface area (Å²) in [7, 11) is 0. The zero-order valence-corrected chi connectivity index (χ0v) is 14.9. The predicted molar refractivity (Wildman–Crippen MR) is 96.3 cm³/mol. The summed E-state index contributed by atoms with van der Waals surface area (Å²) >= 11 is 1.84. The second-order valence-electron chi connectivity index (χ2n) is 6.92. The monoisotopic (exact) mass is 344 g/mol. The third kappa shape index (κ3) is 3.31. The van der Waals surface area contributed by atoms with Gasteiger partial charge in [-0.1, -0.05) is 6.07 Å². The average Bonchev–Trinajstić information content (AvgIpc) is 3.19. The fourth-order valence-corrected chi connectivity index (χ4v) is 4.58. The maximum Gasteiger partial charge on any atom is 0.222 e. The van der Waals surface area contributed by atoms with E-state index in [0.717, 1.165) is 50.7 Å². The van der Waals surface area contributed by atoms with Crippen molar-refractivity contribution in [3.8, 4) is 0 Å². The summed E-state index contributed by atoms with van der Waals surface area (Å²) in [6, 6.07) is 4.34. The van der Waals surface area contributed by atoms with Crippen molar-refractivity contribution in [3.05, 3.63) is 40.3 Å². The standard InChI is InChI=1S/C18H24N4OS/c1-14-9-20-17(21-10-14)19-6-4-15-5-7-23-18(15)12-22(13-18)11-16-3-2-8-24-16/h2-3,8-10,15H,4-7,11-13H2,1H3,(H,19,20,21)/t15-/m0/s1. The highest BCUT2D eigenvalue weighted by atomic mass is 32.1. The van der Waals surface area contributed by atoms with Gasteiger partial charge in [0.25, 0.3) is 0 Å². The summed E-state index contributed by atoms with van der Waals surface area (Å²) in [4.78, 5) is 12.6. The van der Waals surface area contributed by atoms with Crippen molar-refractivity contribution in [3.63, 3.8) is 0 Å². The number of anilines is 1. The molecule has 5 nitrogen and oxygen atoms in total. The Kier molecular flexibility index (Phi) is 4.52. The van der Waals surface area contributed by atoms with Gasteiger partial charge in [0.2, 0.25) is 5.95 Å². The first-order valence-electron chi connectivity index (χ1n) is 8.65. The molecule has 128 valence electrons. The lowest BCUT2D eigenvalue weighted by Crippen LogP contribution is -2.64. The maximum absolute atomic E-state index is 6.16. The quantitative estimate of drug-likeness (QED) is 0.873. The van der Waals surface area contributed by atoms with Crippen molar-refractivity contribution in [2.75, 3.05) is 31.6 Å². The van der Waals surface area contributed by atoms with E-state index in [9.17, 15) is 0 Å². The first-order valence-corrected chi connectivity index (χ1v) is 9.53. The molecule has 0 aromatic carbocycles. The van der Waals surface area contributed by atoms with E-state index in [1.165, 1.54) is 11.3 Å². The largest absolute Gasteiger partial charge is 0.372 e. The Morgan fingerprint density at radius 2 is 2.21 bits per heavy atom. The Labute approximate surface area is 147 Å². The van der Waals surface area contributed by atoms with E-state index in [-0.39, 0.29) is 5.60 Å². The molecule has 1 spiro atoms. The van der Waals surface area contributed by atoms with Crippen LogP contribution in [0.25, 0.3) is 0 Å². The minimum atomic E-state index is 0.0903. The van der Waals surface area contributed by atoms with E-state index < -0.39 is 0 Å². The molecule has 2 saturated heterocycles. The Hall–Kier alpha value is -1.50. The number of thiophene rings is 1. The Balaban J connectivity index is 1.26. The van der Waals surface area contributed by atoms with Crippen LogP contribution < -0.4 is 5.32 Å². The Bertz CT molecular complexity index is 652. The second-order valence-corrected chi connectivity index (χ2v) is 7.96. The molecule has 1 N–H and O–H groups in total. The van der Waals surface area contributed by atoms with E-state index in [1.807, 2.05) is 30.7 Å². The molecule has 2 aliphatic heterocycles. The maximum atomic E-state index is 6.16. The fourth-order valence-electron chi connectivity index (χ4n) is 3.83. The zero-order chi connectivity index (χ0) is 16.4. The normalized spacial score (nSPS) is 22.6. The minimum Gasteiger partial charge on any atom is -0.372 e. The number of hydrogen-bond donors (Lipinski definition) is 1. The van der Waals surface area contributed by atoms with Crippen LogP contribution in [-0.2, 0) is 11.3 Å². The highest BCUT2D eigenvalue weighted by Crippen LogP contribution is 2.42. The van der Waals surface area contributed by atoms with E-state index >= 15 is 0 Å². The number of aromatic nitrogens is 2. The summed E-state index contributed by atoms with van der Waals surface area (Å²) in [5.41, 5.74) is 1.18. The number of aryl methyl sites for hydroxylation is 1. The van der Waals surface area contributed by atoms with Crippen molar-refractivity contribution < 1.29 is 4.74 Å². The highest BCUT2D eigenvalue weighted by molar-refractivity contribution is 7.09. The van der Waals surface area contributed by atoms with Gasteiger partial charge in [-0.2, -0.15) is 0 Å². The number of rotatable bonds is 6. The molecule has 0 aliphatic carbocycles. The lowest BCUT2D eigenvalue weighted by atomic mass is 9.79. The number of nitrogens with zero attached hydrogens (tertiary/aromatic N) is 3. The number of ether oxygens (including phenoxy) is 1. The summed E-state index contributed by atoms with van der Waals surface area (Å²) in [5.74, 6) is 1.36. The molecular weight excluding hydrogens is 320 g/mol. The van der Waals surface area contributed by atoms with Crippen LogP contribution >= 0.6 is 11.3 Å². The van der Waals surface area contributed by atoms with Crippen molar-refractivity contribution in [1.82, 2.24) is 14.9 Å². The van der Waals surface area contributed by atoms with Crippen LogP contribution in [0.3, 0.4) is 0 Å². The second kappa shape index (κ2) is 6.78. The van der Waals surface area contributed by atoms with Gasteiger partial charge in [0, 0.05) is 50.1 Å². The molecule has 2 aromatic heterocycles. The highest BCUT2D eigenvalue weighted by Gasteiger charge is 2.52. The topological polar surface area (TPSA) is 50.3 Å². The van der Waals surface area contributed by atoms with Crippen LogP contribution in [-0.4, -0.2) is 46.7 Å². The third-order valence-electron chi connectivity index (χ3n) is 5.10. The summed E-state index contributed by atoms with van der Waals surface area (Å²) < 4.78 is 6.16. The first kappa shape index (κ1) is 16.0. The Morgan fingerprint density at radius 3 is 2.96 bits per heavy atom. The smallest absolute Gasteiger partial charge is 0.222 e. The molecule has 0 unspecified atom stereocenters. The molecular formula is C18H24N4OS. The first-order chi connectivity index (χ1) is 11.7. The van der Waals surface area contributed by atoms with Crippen LogP contribution in [0.2, 0.25) is 0 Å². The third-order valence-corrected chi connectivity index (χ3v) is 5.96. The van der Waals surface area contributed by atoms with Crippen LogP contribution in [0.5, 0.6) is 0 Å². The van der Waals surface area contributed by atoms with Crippen molar-refractivity contribution in [2.45, 2.75) is 31.9 Å². The SMILES string of the molecule is Cc1cnc(NCC[C@H]2CCOC23CN(Cc2cccs2)C3)nc1. The molecule has 0 amide bonds. The van der Waals surface area contributed by atoms with Crippen molar-refractivity contribution >= 4 is 17.3 Å². The van der Waals surface area contributed by atoms with Crippen LogP contribution in [0, 0.1) is 12.8 Å². The molecule has 2 aromatic rings. The van der Waals surface area contributed by atoms with E-state index in [4.69, 9.17) is 4.74 Å². The van der Waals surface area contributed by atoms with Crippen LogP contribution in [0.1, 0.15) is 23.3 Å². The van der Waals surface area contributed by atoms with E-state index in [1.54, 1.807) is 0 Å². The van der Waals surface area contributed by atoms with Gasteiger partial charge in [-0.15, -0.1) is 11.3 Å². The van der Waals surface area contributed by atoms with E-state index in [2.05, 4.69) is 37.7 Å². The van der Waals surface area contributed by atoms with Gasteiger partial charge in [0.1, 0.15) is 0 Å². The van der Waals surface area contributed by atoms with Crippen LogP contribution in [0.4, 0.5) is 5.95 Å².